The molecule has 1 aliphatic rings. The van der Waals surface area contributed by atoms with E-state index in [9.17, 15) is 5.11 Å². The summed E-state index contributed by atoms with van der Waals surface area (Å²) in [6.07, 6.45) is 9.03. The maximum atomic E-state index is 9.72. The van der Waals surface area contributed by atoms with Crippen LogP contribution in [0, 0.1) is 0 Å². The highest BCUT2D eigenvalue weighted by molar-refractivity contribution is 5.36. The van der Waals surface area contributed by atoms with Crippen molar-refractivity contribution < 1.29 is 5.11 Å². The predicted octanol–water partition coefficient (Wildman–Crippen LogP) is 3.08. The third-order valence-electron chi connectivity index (χ3n) is 3.04. The Hall–Kier alpha value is -1.12. The van der Waals surface area contributed by atoms with Gasteiger partial charge in [-0.25, -0.2) is 0 Å². The lowest BCUT2D eigenvalue weighted by atomic mass is 10.00. The van der Waals surface area contributed by atoms with Crippen molar-refractivity contribution >= 4 is 0 Å². The van der Waals surface area contributed by atoms with Crippen LogP contribution >= 0.6 is 0 Å². The number of rotatable bonds is 7. The van der Waals surface area contributed by atoms with Crippen molar-refractivity contribution in [3.05, 3.63) is 48.1 Å². The van der Waals surface area contributed by atoms with Crippen LogP contribution in [0.4, 0.5) is 0 Å². The molecule has 2 heteroatoms. The Labute approximate surface area is 104 Å². The average Bonchev–Trinajstić information content (AvgIpc) is 3.06. The number of β-amino-alcohol motifs (C(OH)–C–C–N with tert-alkyl or cyclic N) is 1. The second-order valence-corrected chi connectivity index (χ2v) is 4.50. The fourth-order valence-corrected chi connectivity index (χ4v) is 1.60. The number of hydrogen-bond acceptors (Lipinski definition) is 2. The van der Waals surface area contributed by atoms with Crippen molar-refractivity contribution in [2.24, 2.45) is 0 Å². The van der Waals surface area contributed by atoms with Crippen molar-refractivity contribution in [2.45, 2.75) is 38.8 Å². The number of hydrogen-bond donors (Lipinski definition) is 2. The molecule has 1 atom stereocenters. The molecule has 1 aliphatic heterocycles. The molecule has 0 aromatic carbocycles. The van der Waals surface area contributed by atoms with Gasteiger partial charge in [0.15, 0.2) is 5.72 Å². The van der Waals surface area contributed by atoms with Crippen LogP contribution in [-0.2, 0) is 0 Å². The number of nitrogens with one attached hydrogen (secondary N) is 1. The molecule has 0 aliphatic carbocycles. The van der Waals surface area contributed by atoms with E-state index >= 15 is 0 Å². The Morgan fingerprint density at radius 1 is 1.41 bits per heavy atom. The highest BCUT2D eigenvalue weighted by Crippen LogP contribution is 2.23. The lowest BCUT2D eigenvalue weighted by Gasteiger charge is -2.07. The molecule has 0 amide bonds. The van der Waals surface area contributed by atoms with E-state index in [1.807, 2.05) is 12.2 Å². The van der Waals surface area contributed by atoms with E-state index in [4.69, 9.17) is 0 Å². The van der Waals surface area contributed by atoms with Crippen LogP contribution < -0.4 is 5.32 Å². The first-order valence-electron chi connectivity index (χ1n) is 6.25. The van der Waals surface area contributed by atoms with Gasteiger partial charge in [-0.2, -0.15) is 0 Å². The quantitative estimate of drug-likeness (QED) is 0.524. The highest BCUT2D eigenvalue weighted by Gasteiger charge is 2.41. The summed E-state index contributed by atoms with van der Waals surface area (Å²) >= 11 is 0. The average molecular weight is 233 g/mol. The fourth-order valence-electron chi connectivity index (χ4n) is 1.60. The maximum Gasteiger partial charge on any atom is 0.154 e. The molecular weight excluding hydrogens is 210 g/mol. The van der Waals surface area contributed by atoms with Crippen LogP contribution in [-0.4, -0.2) is 17.4 Å². The van der Waals surface area contributed by atoms with Gasteiger partial charge in [-0.15, -0.1) is 0 Å². The Balaban J connectivity index is 2.62. The van der Waals surface area contributed by atoms with Crippen molar-refractivity contribution in [3.8, 4) is 0 Å². The minimum atomic E-state index is -0.850. The van der Waals surface area contributed by atoms with Crippen molar-refractivity contribution in [2.75, 3.05) is 6.54 Å². The minimum absolute atomic E-state index is 0.601. The number of allylic oxidation sites excluding steroid dienone is 4. The van der Waals surface area contributed by atoms with Gasteiger partial charge >= 0.3 is 0 Å². The first-order chi connectivity index (χ1) is 8.03. The molecule has 1 fully saturated rings. The van der Waals surface area contributed by atoms with Crippen LogP contribution in [0.1, 0.15) is 33.1 Å². The Morgan fingerprint density at radius 3 is 2.53 bits per heavy atom. The van der Waals surface area contributed by atoms with Gasteiger partial charge < -0.3 is 5.11 Å². The Morgan fingerprint density at radius 2 is 2.06 bits per heavy atom. The molecule has 94 valence electrons. The van der Waals surface area contributed by atoms with E-state index in [2.05, 4.69) is 38.4 Å². The molecule has 1 heterocycles. The lowest BCUT2D eigenvalue weighted by Crippen LogP contribution is -2.14. The van der Waals surface area contributed by atoms with Crippen LogP contribution in [0.2, 0.25) is 0 Å². The third kappa shape index (κ3) is 3.99. The smallest absolute Gasteiger partial charge is 0.154 e. The molecule has 0 aromatic rings. The van der Waals surface area contributed by atoms with Crippen molar-refractivity contribution in [3.63, 3.8) is 0 Å². The summed E-state index contributed by atoms with van der Waals surface area (Å²) in [6, 6.07) is 0. The molecule has 0 aromatic heterocycles. The van der Waals surface area contributed by atoms with Gasteiger partial charge in [0.2, 0.25) is 0 Å². The normalized spacial score (nSPS) is 24.1. The molecule has 1 rings (SSSR count). The molecule has 0 saturated carbocycles. The number of aliphatic hydroxyl groups is 1. The zero-order chi connectivity index (χ0) is 12.9. The summed E-state index contributed by atoms with van der Waals surface area (Å²) in [6.45, 7) is 12.8. The first kappa shape index (κ1) is 13.9. The van der Waals surface area contributed by atoms with Crippen LogP contribution in [0.15, 0.2) is 48.1 Å². The van der Waals surface area contributed by atoms with Gasteiger partial charge in [-0.1, -0.05) is 57.2 Å². The van der Waals surface area contributed by atoms with E-state index in [1.54, 1.807) is 0 Å². The monoisotopic (exact) mass is 233 g/mol. The van der Waals surface area contributed by atoms with Gasteiger partial charge in [-0.05, 0) is 24.0 Å². The summed E-state index contributed by atoms with van der Waals surface area (Å²) in [5.74, 6) is 0. The van der Waals surface area contributed by atoms with E-state index in [0.717, 1.165) is 19.3 Å². The SMILES string of the molecule is C=C(CC)/C(=C/C=C\C(=C)C1(O)CN1)CCC. The molecule has 1 saturated heterocycles. The van der Waals surface area contributed by atoms with E-state index in [0.29, 0.717) is 12.1 Å². The molecule has 0 spiro atoms. The van der Waals surface area contributed by atoms with Crippen LogP contribution in [0.3, 0.4) is 0 Å². The molecule has 17 heavy (non-hydrogen) atoms. The molecule has 0 radical (unpaired) electrons. The largest absolute Gasteiger partial charge is 0.370 e. The fraction of sp³-hybridized carbons (Fsp3) is 0.467. The van der Waals surface area contributed by atoms with Gasteiger partial charge in [-0.3, -0.25) is 5.32 Å². The van der Waals surface area contributed by atoms with Crippen molar-refractivity contribution in [1.29, 1.82) is 0 Å². The van der Waals surface area contributed by atoms with Crippen molar-refractivity contribution in [1.82, 2.24) is 5.32 Å². The highest BCUT2D eigenvalue weighted by atomic mass is 16.3. The lowest BCUT2D eigenvalue weighted by molar-refractivity contribution is 0.188. The van der Waals surface area contributed by atoms with Gasteiger partial charge in [0.1, 0.15) is 0 Å². The molecule has 2 N–H and O–H groups in total. The summed E-state index contributed by atoms with van der Waals surface area (Å²) < 4.78 is 0. The van der Waals surface area contributed by atoms with Gasteiger partial charge in [0.25, 0.3) is 0 Å². The molecular formula is C15H23NO. The zero-order valence-corrected chi connectivity index (χ0v) is 10.9. The standard InChI is InChI=1S/C15H23NO/c1-5-8-14(12(3)6-2)10-7-9-13(4)15(17)11-16-15/h7,9-10,16-17H,3-6,8,11H2,1-2H3/b9-7-,14-10+. The minimum Gasteiger partial charge on any atom is -0.370 e. The van der Waals surface area contributed by atoms with E-state index in [1.165, 1.54) is 11.1 Å². The third-order valence-corrected chi connectivity index (χ3v) is 3.04. The summed E-state index contributed by atoms with van der Waals surface area (Å²) in [5, 5.41) is 12.6. The maximum absolute atomic E-state index is 9.72. The summed E-state index contributed by atoms with van der Waals surface area (Å²) in [7, 11) is 0. The van der Waals surface area contributed by atoms with E-state index in [-0.39, 0.29) is 0 Å². The molecule has 0 bridgehead atoms. The Bertz CT molecular complexity index is 359. The Kier molecular flexibility index (Phi) is 4.91. The molecule has 2 nitrogen and oxygen atoms in total. The van der Waals surface area contributed by atoms with Gasteiger partial charge in [0.05, 0.1) is 0 Å². The van der Waals surface area contributed by atoms with Crippen LogP contribution in [0.5, 0.6) is 0 Å². The second kappa shape index (κ2) is 5.99. The predicted molar refractivity (Wildman–Crippen MR) is 73.7 cm³/mol. The zero-order valence-electron chi connectivity index (χ0n) is 10.9. The van der Waals surface area contributed by atoms with Crippen LogP contribution in [0.25, 0.3) is 0 Å². The second-order valence-electron chi connectivity index (χ2n) is 4.50. The first-order valence-corrected chi connectivity index (χ1v) is 6.25. The molecule has 1 unspecified atom stereocenters. The summed E-state index contributed by atoms with van der Waals surface area (Å²) in [4.78, 5) is 0. The summed E-state index contributed by atoms with van der Waals surface area (Å²) in [5.41, 5.74) is 2.34. The topological polar surface area (TPSA) is 42.2 Å². The van der Waals surface area contributed by atoms with Gasteiger partial charge in [0, 0.05) is 6.54 Å². The van der Waals surface area contributed by atoms with E-state index < -0.39 is 5.72 Å².